The molecule has 1 fully saturated rings. The molecule has 1 atom stereocenters. The number of amides is 1. The van der Waals surface area contributed by atoms with Crippen LogP contribution in [0.15, 0.2) is 71.0 Å². The topological polar surface area (TPSA) is 86.6 Å². The van der Waals surface area contributed by atoms with Gasteiger partial charge in [0.2, 0.25) is 0 Å². The first-order valence-electron chi connectivity index (χ1n) is 13.9. The van der Waals surface area contributed by atoms with E-state index >= 15 is 4.39 Å². The number of carbonyl (C=O) groups is 1. The molecule has 2 aromatic heterocycles. The molecule has 0 radical (unpaired) electrons. The number of thiazole rings is 1. The lowest BCUT2D eigenvalue weighted by molar-refractivity contribution is 0.0157. The molecule has 0 saturated carbocycles. The summed E-state index contributed by atoms with van der Waals surface area (Å²) in [4.78, 5) is 37.6. The standard InChI is InChI=1S/C32H31FN4O4S/c1-32(2,3)41-31(39)36-14-6-7-20(17-36)18-37-29(23-8-4-5-9-25(23)33)35-26-12-10-21(15-24(26)30(37)38)40-22-11-13-27-28(16-22)42-19-34-27/h4-5,8-13,15-16,19-20H,6-7,14,17-18H2,1-3H3/t20-/m0/s1. The van der Waals surface area contributed by atoms with Crippen LogP contribution in [0, 0.1) is 11.7 Å². The van der Waals surface area contributed by atoms with Gasteiger partial charge in [0.25, 0.3) is 5.56 Å². The highest BCUT2D eigenvalue weighted by atomic mass is 32.1. The van der Waals surface area contributed by atoms with Crippen molar-refractivity contribution in [3.63, 3.8) is 0 Å². The van der Waals surface area contributed by atoms with Gasteiger partial charge in [-0.25, -0.2) is 19.2 Å². The summed E-state index contributed by atoms with van der Waals surface area (Å²) in [6.45, 7) is 6.80. The maximum atomic E-state index is 15.0. The molecular weight excluding hydrogens is 555 g/mol. The van der Waals surface area contributed by atoms with Crippen LogP contribution in [0.2, 0.25) is 0 Å². The lowest BCUT2D eigenvalue weighted by Gasteiger charge is -2.34. The number of halogens is 1. The SMILES string of the molecule is CC(C)(C)OC(=O)N1CCC[C@H](Cn2c(-c3ccccc3F)nc3ccc(Oc4ccc5ncsc5c4)cc3c2=O)C1. The van der Waals surface area contributed by atoms with Crippen LogP contribution in [0.1, 0.15) is 33.6 Å². The zero-order chi connectivity index (χ0) is 29.4. The van der Waals surface area contributed by atoms with Gasteiger partial charge in [-0.2, -0.15) is 0 Å². The molecule has 1 saturated heterocycles. The Bertz CT molecular complexity index is 1840. The third-order valence-electron chi connectivity index (χ3n) is 7.19. The number of piperidine rings is 1. The third kappa shape index (κ3) is 5.85. The number of carbonyl (C=O) groups excluding carboxylic acids is 1. The van der Waals surface area contributed by atoms with Crippen molar-refractivity contribution in [2.45, 2.75) is 45.8 Å². The van der Waals surface area contributed by atoms with Crippen molar-refractivity contribution in [3.8, 4) is 22.9 Å². The van der Waals surface area contributed by atoms with Crippen molar-refractivity contribution >= 4 is 38.5 Å². The number of rotatable bonds is 5. The van der Waals surface area contributed by atoms with Crippen molar-refractivity contribution in [2.75, 3.05) is 13.1 Å². The summed E-state index contributed by atoms with van der Waals surface area (Å²) in [7, 11) is 0. The number of benzene rings is 3. The molecule has 3 aromatic carbocycles. The van der Waals surface area contributed by atoms with Gasteiger partial charge in [0, 0.05) is 25.7 Å². The average molecular weight is 587 g/mol. The average Bonchev–Trinajstić information content (AvgIpc) is 3.42. The third-order valence-corrected chi connectivity index (χ3v) is 7.98. The molecule has 1 aliphatic rings. The Balaban J connectivity index is 1.37. The molecule has 3 heterocycles. The van der Waals surface area contributed by atoms with Crippen LogP contribution in [0.5, 0.6) is 11.5 Å². The number of fused-ring (bicyclic) bond motifs is 2. The Hall–Kier alpha value is -4.31. The Morgan fingerprint density at radius 3 is 2.62 bits per heavy atom. The second kappa shape index (κ2) is 11.2. The highest BCUT2D eigenvalue weighted by Gasteiger charge is 2.29. The van der Waals surface area contributed by atoms with E-state index in [9.17, 15) is 9.59 Å². The number of aromatic nitrogens is 3. The first kappa shape index (κ1) is 27.8. The molecule has 42 heavy (non-hydrogen) atoms. The van der Waals surface area contributed by atoms with E-state index in [0.717, 1.165) is 23.1 Å². The molecule has 1 amide bonds. The molecule has 10 heteroatoms. The van der Waals surface area contributed by atoms with Gasteiger partial charge < -0.3 is 14.4 Å². The van der Waals surface area contributed by atoms with Gasteiger partial charge in [0.05, 0.1) is 32.2 Å². The molecule has 0 aliphatic carbocycles. The second-order valence-corrected chi connectivity index (χ2v) is 12.4. The molecule has 216 valence electrons. The van der Waals surface area contributed by atoms with Crippen LogP contribution in [-0.2, 0) is 11.3 Å². The van der Waals surface area contributed by atoms with Gasteiger partial charge in [-0.3, -0.25) is 9.36 Å². The number of hydrogen-bond acceptors (Lipinski definition) is 7. The molecule has 0 N–H and O–H groups in total. The first-order valence-corrected chi connectivity index (χ1v) is 14.8. The molecule has 0 bridgehead atoms. The van der Waals surface area contributed by atoms with Crippen molar-refractivity contribution < 1.29 is 18.7 Å². The molecule has 8 nitrogen and oxygen atoms in total. The minimum atomic E-state index is -0.604. The van der Waals surface area contributed by atoms with Gasteiger partial charge in [-0.05, 0) is 82.0 Å². The lowest BCUT2D eigenvalue weighted by atomic mass is 9.98. The van der Waals surface area contributed by atoms with E-state index in [1.54, 1.807) is 46.8 Å². The summed E-state index contributed by atoms with van der Waals surface area (Å²) >= 11 is 1.52. The Kier molecular flexibility index (Phi) is 7.40. The van der Waals surface area contributed by atoms with Crippen molar-refractivity contribution in [2.24, 2.45) is 5.92 Å². The highest BCUT2D eigenvalue weighted by molar-refractivity contribution is 7.16. The van der Waals surface area contributed by atoms with Gasteiger partial charge in [-0.15, -0.1) is 11.3 Å². The predicted octanol–water partition coefficient (Wildman–Crippen LogP) is 7.25. The molecule has 0 unspecified atom stereocenters. The van der Waals surface area contributed by atoms with Crippen LogP contribution in [-0.4, -0.2) is 44.2 Å². The molecule has 0 spiro atoms. The van der Waals surface area contributed by atoms with Crippen LogP contribution >= 0.6 is 11.3 Å². The number of ether oxygens (including phenoxy) is 2. The summed E-state index contributed by atoms with van der Waals surface area (Å²) in [6.07, 6.45) is 1.21. The maximum Gasteiger partial charge on any atom is 0.410 e. The van der Waals surface area contributed by atoms with E-state index in [4.69, 9.17) is 14.5 Å². The van der Waals surface area contributed by atoms with Crippen LogP contribution < -0.4 is 10.3 Å². The first-order chi connectivity index (χ1) is 20.1. The summed E-state index contributed by atoms with van der Waals surface area (Å²) in [5.74, 6) is 0.870. The zero-order valence-electron chi connectivity index (χ0n) is 23.7. The fourth-order valence-electron chi connectivity index (χ4n) is 5.28. The monoisotopic (exact) mass is 586 g/mol. The predicted molar refractivity (Wildman–Crippen MR) is 162 cm³/mol. The lowest BCUT2D eigenvalue weighted by Crippen LogP contribution is -2.44. The van der Waals surface area contributed by atoms with E-state index in [1.165, 1.54) is 22.0 Å². The molecule has 1 aliphatic heterocycles. The van der Waals surface area contributed by atoms with Crippen molar-refractivity contribution in [1.29, 1.82) is 0 Å². The smallest absolute Gasteiger partial charge is 0.410 e. The van der Waals surface area contributed by atoms with Crippen LogP contribution in [0.3, 0.4) is 0 Å². The Morgan fingerprint density at radius 2 is 1.83 bits per heavy atom. The van der Waals surface area contributed by atoms with E-state index in [1.807, 2.05) is 39.0 Å². The minimum absolute atomic E-state index is 0.0423. The molecular formula is C32H31FN4O4S. The molecule has 6 rings (SSSR count). The minimum Gasteiger partial charge on any atom is -0.457 e. The highest BCUT2D eigenvalue weighted by Crippen LogP contribution is 2.30. The number of hydrogen-bond donors (Lipinski definition) is 0. The van der Waals surface area contributed by atoms with Crippen molar-refractivity contribution in [3.05, 3.63) is 82.3 Å². The Morgan fingerprint density at radius 1 is 1.07 bits per heavy atom. The quantitative estimate of drug-likeness (QED) is 0.216. The van der Waals surface area contributed by atoms with Gasteiger partial charge in [-0.1, -0.05) is 12.1 Å². The summed E-state index contributed by atoms with van der Waals surface area (Å²) < 4.78 is 29.3. The fraction of sp³-hybridized carbons (Fsp3) is 0.312. The summed E-state index contributed by atoms with van der Waals surface area (Å²) in [5, 5.41) is 0.367. The van der Waals surface area contributed by atoms with Crippen LogP contribution in [0.25, 0.3) is 32.5 Å². The fourth-order valence-corrected chi connectivity index (χ4v) is 5.99. The van der Waals surface area contributed by atoms with Gasteiger partial charge in [0.1, 0.15) is 28.7 Å². The van der Waals surface area contributed by atoms with E-state index in [-0.39, 0.29) is 35.5 Å². The number of nitrogens with zero attached hydrogens (tertiary/aromatic N) is 4. The number of likely N-dealkylation sites (tertiary alicyclic amines) is 1. The zero-order valence-corrected chi connectivity index (χ0v) is 24.5. The largest absolute Gasteiger partial charge is 0.457 e. The summed E-state index contributed by atoms with van der Waals surface area (Å²) in [5.41, 5.74) is 2.47. The Labute approximate surface area is 246 Å². The maximum absolute atomic E-state index is 15.0. The van der Waals surface area contributed by atoms with Crippen LogP contribution in [0.4, 0.5) is 9.18 Å². The normalized spacial score (nSPS) is 15.7. The second-order valence-electron chi connectivity index (χ2n) is 11.5. The molecule has 5 aromatic rings. The summed E-state index contributed by atoms with van der Waals surface area (Å²) in [6, 6.07) is 17.1. The van der Waals surface area contributed by atoms with E-state index < -0.39 is 11.4 Å². The van der Waals surface area contributed by atoms with E-state index in [0.29, 0.717) is 35.5 Å². The van der Waals surface area contributed by atoms with Crippen molar-refractivity contribution in [1.82, 2.24) is 19.4 Å². The van der Waals surface area contributed by atoms with E-state index in [2.05, 4.69) is 4.98 Å². The van der Waals surface area contributed by atoms with Gasteiger partial charge in [0.15, 0.2) is 0 Å². The van der Waals surface area contributed by atoms with Gasteiger partial charge >= 0.3 is 6.09 Å².